The number of unbranched alkanes of at least 4 members (excludes halogenated alkanes) is 2. The summed E-state index contributed by atoms with van der Waals surface area (Å²) >= 11 is 0. The molecule has 0 amide bonds. The minimum Gasteiger partial charge on any atom is -0.554 e. The largest absolute Gasteiger partial charge is 0.554 e. The summed E-state index contributed by atoms with van der Waals surface area (Å²) < 4.78 is 1.19. The van der Waals surface area contributed by atoms with E-state index in [4.69, 9.17) is 9.90 Å². The number of nitrogens with zero attached hydrogens (tertiary/aromatic N) is 2. The molecule has 0 bridgehead atoms. The van der Waals surface area contributed by atoms with E-state index >= 15 is 0 Å². The fourth-order valence-electron chi connectivity index (χ4n) is 2.14. The predicted octanol–water partition coefficient (Wildman–Crippen LogP) is 1.14. The van der Waals surface area contributed by atoms with E-state index in [-0.39, 0.29) is 0 Å². The maximum absolute atomic E-state index is 8.25. The molecular formula is C13H26N2O2. The van der Waals surface area contributed by atoms with E-state index in [9.17, 15) is 0 Å². The SMILES string of the molecule is CCCC[N+]1(CCCC)C=CN(C)C1.O=C[O-]. The van der Waals surface area contributed by atoms with Crippen molar-refractivity contribution >= 4 is 6.47 Å². The number of rotatable bonds is 6. The summed E-state index contributed by atoms with van der Waals surface area (Å²) in [7, 11) is 2.17. The van der Waals surface area contributed by atoms with Gasteiger partial charge in [-0.25, -0.2) is 0 Å². The van der Waals surface area contributed by atoms with Gasteiger partial charge in [-0.15, -0.1) is 0 Å². The topological polar surface area (TPSA) is 43.4 Å². The van der Waals surface area contributed by atoms with Crippen molar-refractivity contribution in [2.24, 2.45) is 0 Å². The van der Waals surface area contributed by atoms with Gasteiger partial charge in [0, 0.05) is 13.5 Å². The van der Waals surface area contributed by atoms with E-state index in [1.54, 1.807) is 0 Å². The molecule has 0 aliphatic carbocycles. The fraction of sp³-hybridized carbons (Fsp3) is 0.769. The van der Waals surface area contributed by atoms with Crippen LogP contribution in [0, 0.1) is 0 Å². The van der Waals surface area contributed by atoms with Crippen LogP contribution < -0.4 is 5.11 Å². The van der Waals surface area contributed by atoms with Crippen LogP contribution >= 0.6 is 0 Å². The maximum Gasteiger partial charge on any atom is 0.158 e. The molecule has 0 fully saturated rings. The number of carbonyl (C=O) groups excluding carboxylic acids is 1. The number of carbonyl (C=O) groups is 1. The Bertz CT molecular complexity index is 221. The molecule has 1 aliphatic rings. The first kappa shape index (κ1) is 16.0. The van der Waals surface area contributed by atoms with Crippen LogP contribution in [-0.2, 0) is 4.79 Å². The number of hydrogen-bond donors (Lipinski definition) is 0. The molecule has 4 heteroatoms. The molecule has 0 aromatic rings. The van der Waals surface area contributed by atoms with Gasteiger partial charge < -0.3 is 14.8 Å². The zero-order valence-electron chi connectivity index (χ0n) is 11.4. The minimum absolute atomic E-state index is 0.500. The van der Waals surface area contributed by atoms with Crippen LogP contribution in [0.4, 0.5) is 0 Å². The van der Waals surface area contributed by atoms with Gasteiger partial charge in [-0.2, -0.15) is 0 Å². The van der Waals surface area contributed by atoms with Crippen molar-refractivity contribution in [3.05, 3.63) is 12.4 Å². The van der Waals surface area contributed by atoms with Crippen molar-refractivity contribution in [1.82, 2.24) is 4.90 Å². The quantitative estimate of drug-likeness (QED) is 0.518. The molecular weight excluding hydrogens is 216 g/mol. The number of carboxylic acid groups (broad SMARTS) is 1. The molecule has 17 heavy (non-hydrogen) atoms. The van der Waals surface area contributed by atoms with E-state index in [0.29, 0.717) is 0 Å². The zero-order chi connectivity index (χ0) is 13.1. The molecule has 4 nitrogen and oxygen atoms in total. The van der Waals surface area contributed by atoms with Crippen LogP contribution in [0.3, 0.4) is 0 Å². The molecule has 100 valence electrons. The fourth-order valence-corrected chi connectivity index (χ4v) is 2.14. The lowest BCUT2D eigenvalue weighted by Crippen LogP contribution is -2.45. The molecule has 0 unspecified atom stereocenters. The molecule has 0 aromatic carbocycles. The average molecular weight is 242 g/mol. The molecule has 0 atom stereocenters. The summed E-state index contributed by atoms with van der Waals surface area (Å²) in [5.74, 6) is 0. The van der Waals surface area contributed by atoms with Crippen LogP contribution in [0.25, 0.3) is 0 Å². The van der Waals surface area contributed by atoms with E-state index in [1.165, 1.54) is 49.9 Å². The van der Waals surface area contributed by atoms with Gasteiger partial charge in [-0.05, 0) is 12.8 Å². The Hall–Kier alpha value is -1.03. The van der Waals surface area contributed by atoms with Gasteiger partial charge in [-0.1, -0.05) is 26.7 Å². The third-order valence-electron chi connectivity index (χ3n) is 3.06. The standard InChI is InChI=1S/C12H25N2.CH2O2/c1-4-6-9-14(10-7-5-2)11-8-13(3)12-14;2-1-3/h8,11H,4-7,9-10,12H2,1-3H3;1H,(H,2,3)/q+1;/p-1. The summed E-state index contributed by atoms with van der Waals surface area (Å²) in [6, 6.07) is 0. The third kappa shape index (κ3) is 6.31. The third-order valence-corrected chi connectivity index (χ3v) is 3.06. The van der Waals surface area contributed by atoms with Gasteiger partial charge in [0.2, 0.25) is 0 Å². The summed E-state index contributed by atoms with van der Waals surface area (Å²) in [6.45, 7) is 7.87. The van der Waals surface area contributed by atoms with Crippen molar-refractivity contribution in [2.45, 2.75) is 39.5 Å². The highest BCUT2D eigenvalue weighted by molar-refractivity contribution is 5.29. The lowest BCUT2D eigenvalue weighted by Gasteiger charge is -2.32. The van der Waals surface area contributed by atoms with Crippen LogP contribution in [0.1, 0.15) is 39.5 Å². The first-order valence-corrected chi connectivity index (χ1v) is 6.45. The van der Waals surface area contributed by atoms with Crippen molar-refractivity contribution in [3.8, 4) is 0 Å². The van der Waals surface area contributed by atoms with Gasteiger partial charge in [0.15, 0.2) is 6.67 Å². The minimum atomic E-state index is -0.500. The van der Waals surface area contributed by atoms with Crippen LogP contribution in [-0.4, -0.2) is 42.7 Å². The molecule has 0 N–H and O–H groups in total. The van der Waals surface area contributed by atoms with Crippen molar-refractivity contribution in [3.63, 3.8) is 0 Å². The Kier molecular flexibility index (Phi) is 8.50. The Labute approximate surface area is 105 Å². The van der Waals surface area contributed by atoms with E-state index in [1.807, 2.05) is 0 Å². The summed E-state index contributed by atoms with van der Waals surface area (Å²) in [6.07, 6.45) is 9.95. The highest BCUT2D eigenvalue weighted by Gasteiger charge is 2.29. The lowest BCUT2D eigenvalue weighted by atomic mass is 10.2. The number of hydrogen-bond acceptors (Lipinski definition) is 3. The second-order valence-corrected chi connectivity index (χ2v) is 4.67. The molecule has 0 aromatic heterocycles. The van der Waals surface area contributed by atoms with E-state index in [0.717, 1.165) is 0 Å². The van der Waals surface area contributed by atoms with E-state index in [2.05, 4.69) is 38.2 Å². The number of quaternary nitrogens is 1. The molecule has 0 saturated carbocycles. The molecule has 0 saturated heterocycles. The van der Waals surface area contributed by atoms with Gasteiger partial charge in [0.25, 0.3) is 0 Å². The normalized spacial score (nSPS) is 16.5. The first-order chi connectivity index (χ1) is 8.14. The van der Waals surface area contributed by atoms with Crippen LogP contribution in [0.15, 0.2) is 12.4 Å². The molecule has 1 aliphatic heterocycles. The first-order valence-electron chi connectivity index (χ1n) is 6.45. The van der Waals surface area contributed by atoms with Gasteiger partial charge in [0.1, 0.15) is 6.20 Å². The molecule has 0 spiro atoms. The van der Waals surface area contributed by atoms with Crippen molar-refractivity contribution < 1.29 is 14.4 Å². The highest BCUT2D eigenvalue weighted by atomic mass is 16.3. The van der Waals surface area contributed by atoms with Gasteiger partial charge in [0.05, 0.1) is 19.3 Å². The predicted molar refractivity (Wildman–Crippen MR) is 67.6 cm³/mol. The monoisotopic (exact) mass is 242 g/mol. The van der Waals surface area contributed by atoms with Gasteiger partial charge in [-0.3, -0.25) is 4.48 Å². The smallest absolute Gasteiger partial charge is 0.158 e. The van der Waals surface area contributed by atoms with Crippen LogP contribution in [0.2, 0.25) is 0 Å². The van der Waals surface area contributed by atoms with Crippen molar-refractivity contribution in [1.29, 1.82) is 0 Å². The lowest BCUT2D eigenvalue weighted by molar-refractivity contribution is -0.881. The summed E-state index contributed by atoms with van der Waals surface area (Å²) in [5.41, 5.74) is 0. The summed E-state index contributed by atoms with van der Waals surface area (Å²) in [4.78, 5) is 10.6. The van der Waals surface area contributed by atoms with Crippen LogP contribution in [0.5, 0.6) is 0 Å². The second kappa shape index (κ2) is 9.05. The van der Waals surface area contributed by atoms with Gasteiger partial charge >= 0.3 is 0 Å². The maximum atomic E-state index is 8.25. The highest BCUT2D eigenvalue weighted by Crippen LogP contribution is 2.19. The van der Waals surface area contributed by atoms with E-state index < -0.39 is 6.47 Å². The molecule has 1 rings (SSSR count). The Balaban J connectivity index is 0.000000770. The Morgan fingerprint density at radius 3 is 2.06 bits per heavy atom. The Morgan fingerprint density at radius 1 is 1.29 bits per heavy atom. The molecule has 0 radical (unpaired) electrons. The molecule has 1 heterocycles. The summed E-state index contributed by atoms with van der Waals surface area (Å²) in [5, 5.41) is 8.25. The zero-order valence-corrected chi connectivity index (χ0v) is 11.4. The second-order valence-electron chi connectivity index (χ2n) is 4.67. The van der Waals surface area contributed by atoms with Crippen molar-refractivity contribution in [2.75, 3.05) is 26.8 Å². The Morgan fingerprint density at radius 2 is 1.76 bits per heavy atom. The average Bonchev–Trinajstić information content (AvgIpc) is 2.68.